The molecule has 2 N–H and O–H groups in total. The largest absolute Gasteiger partial charge is 0.497 e. The monoisotopic (exact) mass is 218 g/mol. The molecule has 2 rings (SSSR count). The van der Waals surface area contributed by atoms with Crippen molar-refractivity contribution < 1.29 is 4.74 Å². The molecule has 0 saturated carbocycles. The fraction of sp³-hybridized carbons (Fsp3) is 0.385. The number of hydrogen-bond donors (Lipinski definition) is 1. The molecule has 0 aliphatic heterocycles. The first-order valence-corrected chi connectivity index (χ1v) is 5.63. The number of pyridine rings is 1. The molecule has 0 bridgehead atoms. The number of aromatic nitrogens is 1. The van der Waals surface area contributed by atoms with Crippen LogP contribution in [-0.4, -0.2) is 17.6 Å². The van der Waals surface area contributed by atoms with Crippen LogP contribution in [0.5, 0.6) is 5.75 Å². The summed E-state index contributed by atoms with van der Waals surface area (Å²) >= 11 is 0. The average Bonchev–Trinajstić information content (AvgIpc) is 2.71. The Morgan fingerprint density at radius 3 is 2.81 bits per heavy atom. The standard InChI is InChI=1S/C13H18N2O/c1-3-11(14)8-10-4-6-15-7-5-12(16-2)9-13(10)15/h4-7,9,11H,3,8,14H2,1-2H3. The first kappa shape index (κ1) is 11.0. The maximum absolute atomic E-state index is 5.99. The SMILES string of the molecule is CCC(N)Cc1ccn2ccc(OC)cc12. The predicted molar refractivity (Wildman–Crippen MR) is 65.9 cm³/mol. The summed E-state index contributed by atoms with van der Waals surface area (Å²) in [5, 5.41) is 0. The van der Waals surface area contributed by atoms with Gasteiger partial charge in [-0.15, -0.1) is 0 Å². The second-order valence-electron chi connectivity index (χ2n) is 4.07. The van der Waals surface area contributed by atoms with E-state index in [9.17, 15) is 0 Å². The van der Waals surface area contributed by atoms with Gasteiger partial charge < -0.3 is 14.9 Å². The quantitative estimate of drug-likeness (QED) is 0.854. The predicted octanol–water partition coefficient (Wildman–Crippen LogP) is 2.23. The zero-order valence-electron chi connectivity index (χ0n) is 9.81. The van der Waals surface area contributed by atoms with Crippen molar-refractivity contribution in [2.45, 2.75) is 25.8 Å². The third-order valence-electron chi connectivity index (χ3n) is 2.96. The first-order chi connectivity index (χ1) is 7.74. The number of fused-ring (bicyclic) bond motifs is 1. The van der Waals surface area contributed by atoms with E-state index in [0.29, 0.717) is 0 Å². The molecular weight excluding hydrogens is 200 g/mol. The third-order valence-corrected chi connectivity index (χ3v) is 2.96. The van der Waals surface area contributed by atoms with Crippen LogP contribution < -0.4 is 10.5 Å². The molecule has 3 heteroatoms. The summed E-state index contributed by atoms with van der Waals surface area (Å²) in [6.07, 6.45) is 5.99. The summed E-state index contributed by atoms with van der Waals surface area (Å²) in [6, 6.07) is 6.37. The van der Waals surface area contributed by atoms with Crippen LogP contribution >= 0.6 is 0 Å². The van der Waals surface area contributed by atoms with Crippen molar-refractivity contribution >= 4 is 5.52 Å². The molecule has 86 valence electrons. The number of nitrogens with two attached hydrogens (primary N) is 1. The van der Waals surface area contributed by atoms with Crippen LogP contribution in [0.25, 0.3) is 5.52 Å². The van der Waals surface area contributed by atoms with Gasteiger partial charge in [-0.1, -0.05) is 6.92 Å². The fourth-order valence-corrected chi connectivity index (χ4v) is 1.86. The molecule has 0 aliphatic rings. The molecule has 2 aromatic rings. The smallest absolute Gasteiger partial charge is 0.122 e. The van der Waals surface area contributed by atoms with E-state index in [1.807, 2.05) is 12.3 Å². The van der Waals surface area contributed by atoms with E-state index in [1.165, 1.54) is 11.1 Å². The van der Waals surface area contributed by atoms with Gasteiger partial charge in [0.05, 0.1) is 12.6 Å². The Kier molecular flexibility index (Phi) is 3.15. The van der Waals surface area contributed by atoms with Crippen LogP contribution in [-0.2, 0) is 6.42 Å². The van der Waals surface area contributed by atoms with Gasteiger partial charge >= 0.3 is 0 Å². The van der Waals surface area contributed by atoms with E-state index in [4.69, 9.17) is 10.5 Å². The summed E-state index contributed by atoms with van der Waals surface area (Å²) in [6.45, 7) is 2.11. The highest BCUT2D eigenvalue weighted by Gasteiger charge is 2.07. The zero-order valence-corrected chi connectivity index (χ0v) is 9.81. The van der Waals surface area contributed by atoms with E-state index < -0.39 is 0 Å². The third kappa shape index (κ3) is 2.04. The number of ether oxygens (including phenoxy) is 1. The summed E-state index contributed by atoms with van der Waals surface area (Å²) in [4.78, 5) is 0. The number of hydrogen-bond acceptors (Lipinski definition) is 2. The Hall–Kier alpha value is -1.48. The van der Waals surface area contributed by atoms with E-state index in [0.717, 1.165) is 18.6 Å². The lowest BCUT2D eigenvalue weighted by atomic mass is 10.1. The number of rotatable bonds is 4. The summed E-state index contributed by atoms with van der Waals surface area (Å²) in [5.74, 6) is 0.887. The van der Waals surface area contributed by atoms with Gasteiger partial charge in [-0.25, -0.2) is 0 Å². The van der Waals surface area contributed by atoms with Gasteiger partial charge in [-0.2, -0.15) is 0 Å². The van der Waals surface area contributed by atoms with Gasteiger partial charge in [0.25, 0.3) is 0 Å². The molecule has 1 unspecified atom stereocenters. The lowest BCUT2D eigenvalue weighted by Crippen LogP contribution is -2.21. The Bertz CT molecular complexity index is 476. The van der Waals surface area contributed by atoms with Crippen molar-refractivity contribution in [1.29, 1.82) is 0 Å². The fourth-order valence-electron chi connectivity index (χ4n) is 1.86. The average molecular weight is 218 g/mol. The minimum absolute atomic E-state index is 0.234. The maximum atomic E-state index is 5.99. The van der Waals surface area contributed by atoms with E-state index in [2.05, 4.69) is 29.7 Å². The van der Waals surface area contributed by atoms with Crippen LogP contribution in [0, 0.1) is 0 Å². The molecule has 0 fully saturated rings. The minimum atomic E-state index is 0.234. The summed E-state index contributed by atoms with van der Waals surface area (Å²) in [5.41, 5.74) is 8.45. The Morgan fingerprint density at radius 2 is 2.12 bits per heavy atom. The summed E-state index contributed by atoms with van der Waals surface area (Å²) in [7, 11) is 1.69. The van der Waals surface area contributed by atoms with Crippen molar-refractivity contribution in [2.24, 2.45) is 5.73 Å². The second kappa shape index (κ2) is 4.58. The molecule has 0 saturated heterocycles. The van der Waals surface area contributed by atoms with Crippen molar-refractivity contribution in [3.63, 3.8) is 0 Å². The van der Waals surface area contributed by atoms with E-state index >= 15 is 0 Å². The van der Waals surface area contributed by atoms with Gasteiger partial charge in [-0.3, -0.25) is 0 Å². The molecule has 2 heterocycles. The van der Waals surface area contributed by atoms with Crippen molar-refractivity contribution in [1.82, 2.24) is 4.40 Å². The van der Waals surface area contributed by atoms with Crippen LogP contribution in [0.15, 0.2) is 30.6 Å². The normalized spacial score (nSPS) is 12.9. The maximum Gasteiger partial charge on any atom is 0.122 e. The van der Waals surface area contributed by atoms with E-state index in [-0.39, 0.29) is 6.04 Å². The van der Waals surface area contributed by atoms with Gasteiger partial charge in [0.1, 0.15) is 5.75 Å². The van der Waals surface area contributed by atoms with E-state index in [1.54, 1.807) is 7.11 Å². The molecule has 1 atom stereocenters. The zero-order chi connectivity index (χ0) is 11.5. The van der Waals surface area contributed by atoms with Crippen LogP contribution in [0.4, 0.5) is 0 Å². The Labute approximate surface area is 95.8 Å². The van der Waals surface area contributed by atoms with Crippen LogP contribution in [0.1, 0.15) is 18.9 Å². The van der Waals surface area contributed by atoms with Crippen molar-refractivity contribution in [3.05, 3.63) is 36.2 Å². The topological polar surface area (TPSA) is 39.7 Å². The highest BCUT2D eigenvalue weighted by atomic mass is 16.5. The van der Waals surface area contributed by atoms with Gasteiger partial charge in [0, 0.05) is 24.5 Å². The lowest BCUT2D eigenvalue weighted by molar-refractivity contribution is 0.414. The second-order valence-corrected chi connectivity index (χ2v) is 4.07. The van der Waals surface area contributed by atoms with Crippen molar-refractivity contribution in [2.75, 3.05) is 7.11 Å². The lowest BCUT2D eigenvalue weighted by Gasteiger charge is -2.08. The highest BCUT2D eigenvalue weighted by molar-refractivity contribution is 5.59. The Balaban J connectivity index is 2.38. The molecule has 0 spiro atoms. The number of methoxy groups -OCH3 is 1. The summed E-state index contributed by atoms with van der Waals surface area (Å²) < 4.78 is 7.33. The van der Waals surface area contributed by atoms with Gasteiger partial charge in [-0.05, 0) is 30.5 Å². The molecule has 0 aromatic carbocycles. The molecule has 2 aromatic heterocycles. The number of nitrogens with zero attached hydrogens (tertiary/aromatic N) is 1. The first-order valence-electron chi connectivity index (χ1n) is 5.63. The molecule has 3 nitrogen and oxygen atoms in total. The van der Waals surface area contributed by atoms with Crippen molar-refractivity contribution in [3.8, 4) is 5.75 Å². The molecule has 0 amide bonds. The van der Waals surface area contributed by atoms with Gasteiger partial charge in [0.15, 0.2) is 0 Å². The molecular formula is C13H18N2O. The molecule has 0 radical (unpaired) electrons. The highest BCUT2D eigenvalue weighted by Crippen LogP contribution is 2.20. The van der Waals surface area contributed by atoms with Crippen LogP contribution in [0.3, 0.4) is 0 Å². The van der Waals surface area contributed by atoms with Crippen LogP contribution in [0.2, 0.25) is 0 Å². The Morgan fingerprint density at radius 1 is 1.38 bits per heavy atom. The van der Waals surface area contributed by atoms with Gasteiger partial charge in [0.2, 0.25) is 0 Å². The molecule has 16 heavy (non-hydrogen) atoms. The minimum Gasteiger partial charge on any atom is -0.497 e. The molecule has 0 aliphatic carbocycles.